The summed E-state index contributed by atoms with van der Waals surface area (Å²) in [6.45, 7) is 3.78. The Kier molecular flexibility index (Phi) is 7.13. The molecule has 0 saturated heterocycles. The number of imidazole rings is 1. The van der Waals surface area contributed by atoms with E-state index in [2.05, 4.69) is 20.0 Å². The Labute approximate surface area is 199 Å². The van der Waals surface area contributed by atoms with Gasteiger partial charge in [0.15, 0.2) is 0 Å². The van der Waals surface area contributed by atoms with Crippen LogP contribution < -0.4 is 10.0 Å². The molecule has 4 rings (SSSR count). The normalized spacial score (nSPS) is 19.5. The summed E-state index contributed by atoms with van der Waals surface area (Å²) in [7, 11) is -3.66. The smallest absolute Gasteiger partial charge is 0.240 e. The predicted molar refractivity (Wildman–Crippen MR) is 128 cm³/mol. The van der Waals surface area contributed by atoms with Crippen molar-refractivity contribution in [1.29, 1.82) is 0 Å². The van der Waals surface area contributed by atoms with Crippen LogP contribution in [-0.2, 0) is 14.8 Å². The first kappa shape index (κ1) is 24.1. The summed E-state index contributed by atoms with van der Waals surface area (Å²) < 4.78 is 41.6. The summed E-state index contributed by atoms with van der Waals surface area (Å²) >= 11 is 0. The van der Waals surface area contributed by atoms with Crippen molar-refractivity contribution < 1.29 is 17.6 Å². The van der Waals surface area contributed by atoms with Gasteiger partial charge in [0.1, 0.15) is 5.82 Å². The molecule has 0 radical (unpaired) electrons. The molecule has 0 aliphatic heterocycles. The average molecular weight is 485 g/mol. The first-order chi connectivity index (χ1) is 16.2. The van der Waals surface area contributed by atoms with Crippen molar-refractivity contribution in [2.45, 2.75) is 56.5 Å². The van der Waals surface area contributed by atoms with Gasteiger partial charge in [0, 0.05) is 23.2 Å². The van der Waals surface area contributed by atoms with Gasteiger partial charge >= 0.3 is 0 Å². The first-order valence-corrected chi connectivity index (χ1v) is 12.9. The molecule has 1 aliphatic carbocycles. The van der Waals surface area contributed by atoms with E-state index in [1.165, 1.54) is 12.1 Å². The highest BCUT2D eigenvalue weighted by atomic mass is 32.2. The van der Waals surface area contributed by atoms with Crippen molar-refractivity contribution in [1.82, 2.24) is 20.0 Å². The lowest BCUT2D eigenvalue weighted by Gasteiger charge is -2.29. The van der Waals surface area contributed by atoms with E-state index in [1.807, 2.05) is 13.8 Å². The monoisotopic (exact) mass is 484 g/mol. The number of aromatic nitrogens is 2. The Morgan fingerprint density at radius 2 is 1.71 bits per heavy atom. The van der Waals surface area contributed by atoms with Crippen LogP contribution in [0.4, 0.5) is 4.39 Å². The third-order valence-electron chi connectivity index (χ3n) is 6.42. The Hall–Kier alpha value is -3.04. The molecule has 0 spiro atoms. The van der Waals surface area contributed by atoms with Crippen molar-refractivity contribution in [3.05, 3.63) is 71.9 Å². The summed E-state index contributed by atoms with van der Waals surface area (Å²) in [6.07, 6.45) is 4.00. The lowest BCUT2D eigenvalue weighted by atomic mass is 9.85. The quantitative estimate of drug-likeness (QED) is 0.467. The van der Waals surface area contributed by atoms with Crippen LogP contribution in [0.15, 0.2) is 59.8 Å². The van der Waals surface area contributed by atoms with Gasteiger partial charge in [0.2, 0.25) is 15.9 Å². The average Bonchev–Trinajstić information content (AvgIpc) is 3.25. The fraction of sp³-hybridized carbons (Fsp3) is 0.360. The van der Waals surface area contributed by atoms with Gasteiger partial charge in [0.05, 0.1) is 23.0 Å². The zero-order valence-electron chi connectivity index (χ0n) is 19.2. The van der Waals surface area contributed by atoms with Crippen LogP contribution in [0.2, 0.25) is 0 Å². The fourth-order valence-electron chi connectivity index (χ4n) is 4.37. The van der Waals surface area contributed by atoms with Gasteiger partial charge in [-0.15, -0.1) is 0 Å². The van der Waals surface area contributed by atoms with Gasteiger partial charge in [-0.2, -0.15) is 0 Å². The molecule has 0 bridgehead atoms. The summed E-state index contributed by atoms with van der Waals surface area (Å²) in [5.74, 6) is -0.533. The molecule has 3 aromatic rings. The number of H-pyrrole nitrogens is 1. The molecular weight excluding hydrogens is 455 g/mol. The van der Waals surface area contributed by atoms with Gasteiger partial charge in [0.25, 0.3) is 0 Å². The summed E-state index contributed by atoms with van der Waals surface area (Å²) in [5, 5.41) is 2.99. The van der Waals surface area contributed by atoms with Gasteiger partial charge in [-0.3, -0.25) is 4.79 Å². The zero-order chi connectivity index (χ0) is 24.3. The minimum atomic E-state index is -3.66. The van der Waals surface area contributed by atoms with E-state index < -0.39 is 10.0 Å². The van der Waals surface area contributed by atoms with Crippen LogP contribution in [0, 0.1) is 18.7 Å². The number of benzene rings is 2. The Morgan fingerprint density at radius 3 is 2.29 bits per heavy atom. The van der Waals surface area contributed by atoms with Crippen molar-refractivity contribution >= 4 is 15.9 Å². The molecule has 1 atom stereocenters. The topological polar surface area (TPSA) is 104 Å². The van der Waals surface area contributed by atoms with E-state index in [1.54, 1.807) is 42.7 Å². The number of amides is 1. The highest BCUT2D eigenvalue weighted by Gasteiger charge is 2.29. The minimum absolute atomic E-state index is 0.0534. The number of aromatic amines is 1. The van der Waals surface area contributed by atoms with Gasteiger partial charge < -0.3 is 10.3 Å². The molecule has 2 aromatic carbocycles. The van der Waals surface area contributed by atoms with Crippen molar-refractivity contribution in [2.75, 3.05) is 0 Å². The Balaban J connectivity index is 1.30. The maximum Gasteiger partial charge on any atom is 0.240 e. The number of carbonyl (C=O) groups excluding carboxylic acids is 1. The van der Waals surface area contributed by atoms with Gasteiger partial charge in [-0.25, -0.2) is 22.5 Å². The second-order valence-corrected chi connectivity index (χ2v) is 10.6. The van der Waals surface area contributed by atoms with Crippen LogP contribution in [0.5, 0.6) is 0 Å². The molecule has 34 heavy (non-hydrogen) atoms. The number of rotatable bonds is 7. The largest absolute Gasteiger partial charge is 0.349 e. The fourth-order valence-corrected chi connectivity index (χ4v) is 5.67. The van der Waals surface area contributed by atoms with E-state index in [-0.39, 0.29) is 34.6 Å². The lowest BCUT2D eigenvalue weighted by Crippen LogP contribution is -2.41. The van der Waals surface area contributed by atoms with Gasteiger partial charge in [-0.05, 0) is 69.4 Å². The van der Waals surface area contributed by atoms with Crippen LogP contribution in [0.1, 0.15) is 49.9 Å². The molecule has 1 saturated carbocycles. The van der Waals surface area contributed by atoms with E-state index in [4.69, 9.17) is 0 Å². The number of nitrogens with one attached hydrogen (secondary N) is 3. The molecule has 180 valence electrons. The first-order valence-electron chi connectivity index (χ1n) is 11.4. The maximum absolute atomic E-state index is 13.1. The third-order valence-corrected chi connectivity index (χ3v) is 7.95. The Morgan fingerprint density at radius 1 is 1.06 bits per heavy atom. The molecule has 9 heteroatoms. The molecule has 1 fully saturated rings. The van der Waals surface area contributed by atoms with E-state index in [0.29, 0.717) is 25.7 Å². The number of aryl methyl sites for hydroxylation is 1. The minimum Gasteiger partial charge on any atom is -0.349 e. The second-order valence-electron chi connectivity index (χ2n) is 8.85. The zero-order valence-corrected chi connectivity index (χ0v) is 20.0. The summed E-state index contributed by atoms with van der Waals surface area (Å²) in [4.78, 5) is 20.2. The molecule has 1 amide bonds. The van der Waals surface area contributed by atoms with Gasteiger partial charge in [-0.1, -0.05) is 24.3 Å². The third kappa shape index (κ3) is 5.53. The van der Waals surface area contributed by atoms with Crippen LogP contribution >= 0.6 is 0 Å². The van der Waals surface area contributed by atoms with Crippen molar-refractivity contribution in [3.63, 3.8) is 0 Å². The SMILES string of the molecule is Cc1[nH]cnc1-c1ccc(S(=O)(=O)NC2CCC(C(=O)N[C@H](C)c3ccc(F)cc3)CC2)cc1. The van der Waals surface area contributed by atoms with Crippen LogP contribution in [-0.4, -0.2) is 30.3 Å². The molecule has 0 unspecified atom stereocenters. The Bertz CT molecular complexity index is 1230. The highest BCUT2D eigenvalue weighted by molar-refractivity contribution is 7.89. The van der Waals surface area contributed by atoms with Crippen LogP contribution in [0.25, 0.3) is 11.3 Å². The maximum atomic E-state index is 13.1. The lowest BCUT2D eigenvalue weighted by molar-refractivity contribution is -0.126. The number of halogens is 1. The van der Waals surface area contributed by atoms with Crippen molar-refractivity contribution in [3.8, 4) is 11.3 Å². The van der Waals surface area contributed by atoms with E-state index >= 15 is 0 Å². The summed E-state index contributed by atoms with van der Waals surface area (Å²) in [5.41, 5.74) is 3.40. The highest BCUT2D eigenvalue weighted by Crippen LogP contribution is 2.27. The van der Waals surface area contributed by atoms with E-state index in [0.717, 1.165) is 22.5 Å². The summed E-state index contributed by atoms with van der Waals surface area (Å²) in [6, 6.07) is 12.3. The van der Waals surface area contributed by atoms with Crippen molar-refractivity contribution in [2.24, 2.45) is 5.92 Å². The number of hydrogen-bond acceptors (Lipinski definition) is 4. The molecular formula is C25H29FN4O3S. The second kappa shape index (κ2) is 10.1. The number of nitrogens with zero attached hydrogens (tertiary/aromatic N) is 1. The number of hydrogen-bond donors (Lipinski definition) is 3. The number of sulfonamides is 1. The molecule has 3 N–H and O–H groups in total. The van der Waals surface area contributed by atoms with Crippen LogP contribution in [0.3, 0.4) is 0 Å². The van der Waals surface area contributed by atoms with E-state index in [9.17, 15) is 17.6 Å². The number of carbonyl (C=O) groups is 1. The predicted octanol–water partition coefficient (Wildman–Crippen LogP) is 4.24. The molecule has 1 aromatic heterocycles. The molecule has 1 aliphatic rings. The standard InChI is InChI=1S/C25H29FN4O3S/c1-16(18-3-9-21(26)10-4-18)29-25(31)20-5-11-22(12-6-20)30-34(32,33)23-13-7-19(8-14-23)24-17(2)27-15-28-24/h3-4,7-10,13-16,20,22,30H,5-6,11-12H2,1-2H3,(H,27,28)(H,29,31)/t16-,20?,22?/m1/s1. The molecule has 1 heterocycles. The molecule has 7 nitrogen and oxygen atoms in total.